The number of amides is 1. The van der Waals surface area contributed by atoms with Crippen molar-refractivity contribution in [3.63, 3.8) is 0 Å². The van der Waals surface area contributed by atoms with Crippen LogP contribution in [0.25, 0.3) is 0 Å². The number of pyridine rings is 1. The third-order valence-corrected chi connectivity index (χ3v) is 4.19. The third kappa shape index (κ3) is 4.48. The predicted molar refractivity (Wildman–Crippen MR) is 107 cm³/mol. The summed E-state index contributed by atoms with van der Waals surface area (Å²) >= 11 is 0. The lowest BCUT2D eigenvalue weighted by molar-refractivity contribution is 0.0983. The Labute approximate surface area is 154 Å². The van der Waals surface area contributed by atoms with E-state index < -0.39 is 0 Å². The number of nitrogens with zero attached hydrogens (tertiary/aromatic N) is 2. The van der Waals surface area contributed by atoms with E-state index in [2.05, 4.69) is 22.4 Å². The maximum absolute atomic E-state index is 12.9. The van der Waals surface area contributed by atoms with Gasteiger partial charge < -0.3 is 10.2 Å². The van der Waals surface area contributed by atoms with Gasteiger partial charge in [0.2, 0.25) is 0 Å². The van der Waals surface area contributed by atoms with Gasteiger partial charge >= 0.3 is 0 Å². The second kappa shape index (κ2) is 8.81. The van der Waals surface area contributed by atoms with Gasteiger partial charge in [-0.1, -0.05) is 48.5 Å². The van der Waals surface area contributed by atoms with Crippen LogP contribution in [0.15, 0.2) is 79.0 Å². The molecule has 0 atom stereocenters. The zero-order chi connectivity index (χ0) is 18.2. The molecule has 0 fully saturated rings. The molecule has 132 valence electrons. The van der Waals surface area contributed by atoms with E-state index in [0.717, 1.165) is 24.3 Å². The van der Waals surface area contributed by atoms with E-state index >= 15 is 0 Å². The summed E-state index contributed by atoms with van der Waals surface area (Å²) in [4.78, 5) is 18.9. The molecule has 0 bridgehead atoms. The van der Waals surface area contributed by atoms with Crippen LogP contribution < -0.4 is 10.2 Å². The van der Waals surface area contributed by atoms with Crippen molar-refractivity contribution in [2.75, 3.05) is 23.3 Å². The lowest BCUT2D eigenvalue weighted by Crippen LogP contribution is -2.31. The van der Waals surface area contributed by atoms with E-state index in [-0.39, 0.29) is 5.91 Å². The first kappa shape index (κ1) is 17.7. The quantitative estimate of drug-likeness (QED) is 0.690. The molecule has 2 aromatic carbocycles. The van der Waals surface area contributed by atoms with Crippen molar-refractivity contribution in [1.29, 1.82) is 0 Å². The standard InChI is InChI=1S/C22H23N3O/c1-2-25(20-11-7-4-8-12-20)22(26)21-17-19(14-16-24-21)23-15-13-18-9-5-3-6-10-18/h3-12,14,16-17H,2,13,15H2,1H3,(H,23,24). The Hall–Kier alpha value is -3.14. The molecule has 0 aliphatic carbocycles. The van der Waals surface area contributed by atoms with Crippen molar-refractivity contribution in [1.82, 2.24) is 4.98 Å². The average molecular weight is 345 g/mol. The molecule has 26 heavy (non-hydrogen) atoms. The van der Waals surface area contributed by atoms with Gasteiger partial charge in [0, 0.05) is 30.7 Å². The Morgan fingerprint density at radius 1 is 1.00 bits per heavy atom. The van der Waals surface area contributed by atoms with E-state index in [4.69, 9.17) is 0 Å². The first-order chi connectivity index (χ1) is 12.8. The van der Waals surface area contributed by atoms with Crippen molar-refractivity contribution >= 4 is 17.3 Å². The predicted octanol–water partition coefficient (Wildman–Crippen LogP) is 4.40. The van der Waals surface area contributed by atoms with Crippen LogP contribution in [0.2, 0.25) is 0 Å². The Bertz CT molecular complexity index is 834. The van der Waals surface area contributed by atoms with Crippen molar-refractivity contribution in [2.45, 2.75) is 13.3 Å². The molecule has 1 amide bonds. The third-order valence-electron chi connectivity index (χ3n) is 4.19. The molecule has 0 radical (unpaired) electrons. The number of para-hydroxylation sites is 1. The van der Waals surface area contributed by atoms with Gasteiger partial charge in [0.1, 0.15) is 5.69 Å². The normalized spacial score (nSPS) is 10.3. The fourth-order valence-corrected chi connectivity index (χ4v) is 2.84. The summed E-state index contributed by atoms with van der Waals surface area (Å²) < 4.78 is 0. The molecule has 1 heterocycles. The van der Waals surface area contributed by atoms with Gasteiger partial charge in [0.25, 0.3) is 5.91 Å². The van der Waals surface area contributed by atoms with Crippen LogP contribution in [-0.4, -0.2) is 24.0 Å². The van der Waals surface area contributed by atoms with E-state index in [1.165, 1.54) is 5.56 Å². The van der Waals surface area contributed by atoms with Crippen LogP contribution in [0.3, 0.4) is 0 Å². The first-order valence-electron chi connectivity index (χ1n) is 8.88. The average Bonchev–Trinajstić information content (AvgIpc) is 2.70. The van der Waals surface area contributed by atoms with E-state index in [0.29, 0.717) is 12.2 Å². The molecule has 0 saturated heterocycles. The van der Waals surface area contributed by atoms with Crippen LogP contribution in [0.4, 0.5) is 11.4 Å². The van der Waals surface area contributed by atoms with Gasteiger partial charge in [-0.25, -0.2) is 0 Å². The molecule has 0 spiro atoms. The molecule has 0 unspecified atom stereocenters. The first-order valence-corrected chi connectivity index (χ1v) is 8.88. The van der Waals surface area contributed by atoms with E-state index in [1.54, 1.807) is 11.1 Å². The lowest BCUT2D eigenvalue weighted by Gasteiger charge is -2.20. The molecule has 1 N–H and O–H groups in total. The van der Waals surface area contributed by atoms with Crippen LogP contribution >= 0.6 is 0 Å². The van der Waals surface area contributed by atoms with Crippen LogP contribution in [0, 0.1) is 0 Å². The van der Waals surface area contributed by atoms with Crippen LogP contribution in [0.5, 0.6) is 0 Å². The summed E-state index contributed by atoms with van der Waals surface area (Å²) in [6.45, 7) is 3.36. The molecule has 3 rings (SSSR count). The highest BCUT2D eigenvalue weighted by molar-refractivity contribution is 6.05. The number of hydrogen-bond acceptors (Lipinski definition) is 3. The zero-order valence-corrected chi connectivity index (χ0v) is 14.9. The van der Waals surface area contributed by atoms with Gasteiger partial charge in [0.05, 0.1) is 0 Å². The van der Waals surface area contributed by atoms with Crippen molar-refractivity contribution in [2.24, 2.45) is 0 Å². The van der Waals surface area contributed by atoms with Gasteiger partial charge in [-0.05, 0) is 43.2 Å². The summed E-state index contributed by atoms with van der Waals surface area (Å²) in [6.07, 6.45) is 2.61. The van der Waals surface area contributed by atoms with Gasteiger partial charge in [0.15, 0.2) is 0 Å². The van der Waals surface area contributed by atoms with Crippen LogP contribution in [0.1, 0.15) is 23.0 Å². The number of anilines is 2. The fraction of sp³-hybridized carbons (Fsp3) is 0.182. The SMILES string of the molecule is CCN(C(=O)c1cc(NCCc2ccccc2)ccn1)c1ccccc1. The Kier molecular flexibility index (Phi) is 5.99. The second-order valence-corrected chi connectivity index (χ2v) is 5.98. The summed E-state index contributed by atoms with van der Waals surface area (Å²) in [5.74, 6) is -0.0922. The Morgan fingerprint density at radius 3 is 2.38 bits per heavy atom. The summed E-state index contributed by atoms with van der Waals surface area (Å²) in [5.41, 5.74) is 3.51. The van der Waals surface area contributed by atoms with Gasteiger partial charge in [-0.3, -0.25) is 9.78 Å². The summed E-state index contributed by atoms with van der Waals surface area (Å²) in [7, 11) is 0. The zero-order valence-electron chi connectivity index (χ0n) is 14.9. The number of carbonyl (C=O) groups excluding carboxylic acids is 1. The number of carbonyl (C=O) groups is 1. The lowest BCUT2D eigenvalue weighted by atomic mass is 10.1. The Balaban J connectivity index is 1.67. The van der Waals surface area contributed by atoms with Crippen molar-refractivity contribution in [3.05, 3.63) is 90.3 Å². The smallest absolute Gasteiger partial charge is 0.276 e. The monoisotopic (exact) mass is 345 g/mol. The molecule has 4 heteroatoms. The Morgan fingerprint density at radius 2 is 1.69 bits per heavy atom. The number of nitrogens with one attached hydrogen (secondary N) is 1. The largest absolute Gasteiger partial charge is 0.385 e. The maximum Gasteiger partial charge on any atom is 0.276 e. The van der Waals surface area contributed by atoms with Gasteiger partial charge in [-0.2, -0.15) is 0 Å². The van der Waals surface area contributed by atoms with E-state index in [9.17, 15) is 4.79 Å². The molecular weight excluding hydrogens is 322 g/mol. The molecule has 0 aliphatic heterocycles. The minimum atomic E-state index is -0.0922. The minimum absolute atomic E-state index is 0.0922. The maximum atomic E-state index is 12.9. The number of aromatic nitrogens is 1. The minimum Gasteiger partial charge on any atom is -0.385 e. The van der Waals surface area contributed by atoms with E-state index in [1.807, 2.05) is 67.6 Å². The van der Waals surface area contributed by atoms with Gasteiger partial charge in [-0.15, -0.1) is 0 Å². The number of rotatable bonds is 7. The molecule has 4 nitrogen and oxygen atoms in total. The topological polar surface area (TPSA) is 45.2 Å². The highest BCUT2D eigenvalue weighted by atomic mass is 16.2. The fourth-order valence-electron chi connectivity index (χ4n) is 2.84. The molecule has 3 aromatic rings. The molecule has 1 aromatic heterocycles. The molecular formula is C22H23N3O. The number of hydrogen-bond donors (Lipinski definition) is 1. The highest BCUT2D eigenvalue weighted by Gasteiger charge is 2.17. The second-order valence-electron chi connectivity index (χ2n) is 5.98. The highest BCUT2D eigenvalue weighted by Crippen LogP contribution is 2.17. The molecule has 0 aliphatic rings. The number of benzene rings is 2. The van der Waals surface area contributed by atoms with Crippen molar-refractivity contribution in [3.8, 4) is 0 Å². The van der Waals surface area contributed by atoms with Crippen molar-refractivity contribution < 1.29 is 4.79 Å². The summed E-state index contributed by atoms with van der Waals surface area (Å²) in [5, 5.41) is 3.37. The summed E-state index contributed by atoms with van der Waals surface area (Å²) in [6, 6.07) is 23.7. The molecule has 0 saturated carbocycles. The van der Waals surface area contributed by atoms with Crippen LogP contribution in [-0.2, 0) is 6.42 Å².